The molecule has 0 aliphatic carbocycles. The van der Waals surface area contributed by atoms with E-state index in [2.05, 4.69) is 4.74 Å². The molecule has 2 aromatic rings. The monoisotopic (exact) mass is 393 g/mol. The van der Waals surface area contributed by atoms with Crippen molar-refractivity contribution in [3.8, 4) is 0 Å². The fourth-order valence-electron chi connectivity index (χ4n) is 1.91. The van der Waals surface area contributed by atoms with Crippen LogP contribution in [0.2, 0.25) is 5.02 Å². The van der Waals surface area contributed by atoms with Crippen LogP contribution in [-0.4, -0.2) is 21.5 Å². The highest BCUT2D eigenvalue weighted by Crippen LogP contribution is 2.31. The zero-order valence-electron chi connectivity index (χ0n) is 12.6. The summed E-state index contributed by atoms with van der Waals surface area (Å²) in [4.78, 5) is 11.2. The molecule has 0 aromatic heterocycles. The van der Waals surface area contributed by atoms with Gasteiger partial charge in [0.15, 0.2) is 0 Å². The Morgan fingerprint density at radius 2 is 1.84 bits per heavy atom. The molecule has 0 spiro atoms. The van der Waals surface area contributed by atoms with E-state index in [4.69, 9.17) is 11.6 Å². The predicted molar refractivity (Wildman–Crippen MR) is 85.0 cm³/mol. The highest BCUT2D eigenvalue weighted by atomic mass is 35.5. The molecule has 0 aliphatic heterocycles. The van der Waals surface area contributed by atoms with E-state index in [-0.39, 0.29) is 21.2 Å². The maximum Gasteiger partial charge on any atom is 0.416 e. The molecule has 0 bridgehead atoms. The van der Waals surface area contributed by atoms with Gasteiger partial charge in [0.05, 0.1) is 28.2 Å². The Bertz CT molecular complexity index is 913. The number of methoxy groups -OCH3 is 1. The molecule has 2 rings (SSSR count). The molecule has 0 amide bonds. The van der Waals surface area contributed by atoms with Crippen molar-refractivity contribution >= 4 is 33.3 Å². The van der Waals surface area contributed by atoms with Crippen LogP contribution in [0.5, 0.6) is 0 Å². The van der Waals surface area contributed by atoms with Crippen molar-refractivity contribution in [2.75, 3.05) is 11.8 Å². The normalized spacial score (nSPS) is 11.9. The van der Waals surface area contributed by atoms with Gasteiger partial charge in [0.2, 0.25) is 0 Å². The van der Waals surface area contributed by atoms with Gasteiger partial charge in [0.1, 0.15) is 0 Å². The van der Waals surface area contributed by atoms with E-state index in [1.54, 1.807) is 0 Å². The first kappa shape index (κ1) is 19.1. The van der Waals surface area contributed by atoms with Gasteiger partial charge in [-0.3, -0.25) is 4.72 Å². The number of sulfonamides is 1. The summed E-state index contributed by atoms with van der Waals surface area (Å²) in [6.45, 7) is 0. The molecule has 2 aromatic carbocycles. The van der Waals surface area contributed by atoms with Gasteiger partial charge in [0, 0.05) is 5.69 Å². The van der Waals surface area contributed by atoms with Crippen molar-refractivity contribution in [3.05, 3.63) is 58.6 Å². The van der Waals surface area contributed by atoms with Gasteiger partial charge < -0.3 is 4.74 Å². The van der Waals surface area contributed by atoms with E-state index >= 15 is 0 Å². The number of rotatable bonds is 4. The topological polar surface area (TPSA) is 72.5 Å². The summed E-state index contributed by atoms with van der Waals surface area (Å²) in [6.07, 6.45) is -4.61. The Morgan fingerprint density at radius 3 is 2.44 bits per heavy atom. The van der Waals surface area contributed by atoms with Gasteiger partial charge in [-0.25, -0.2) is 13.2 Å². The van der Waals surface area contributed by atoms with Crippen molar-refractivity contribution < 1.29 is 31.1 Å². The number of alkyl halides is 3. The van der Waals surface area contributed by atoms with Crippen LogP contribution in [0.15, 0.2) is 47.4 Å². The Kier molecular flexibility index (Phi) is 5.28. The molecule has 0 aliphatic rings. The van der Waals surface area contributed by atoms with E-state index in [1.165, 1.54) is 12.1 Å². The summed E-state index contributed by atoms with van der Waals surface area (Å²) in [6, 6.07) is 6.99. The highest BCUT2D eigenvalue weighted by molar-refractivity contribution is 7.92. The van der Waals surface area contributed by atoms with E-state index in [9.17, 15) is 26.4 Å². The van der Waals surface area contributed by atoms with E-state index in [1.807, 2.05) is 4.72 Å². The lowest BCUT2D eigenvalue weighted by atomic mass is 10.2. The predicted octanol–water partition coefficient (Wildman–Crippen LogP) is 3.95. The molecule has 0 saturated heterocycles. The average Bonchev–Trinajstić information content (AvgIpc) is 2.53. The molecule has 25 heavy (non-hydrogen) atoms. The number of esters is 1. The minimum absolute atomic E-state index is 0.0233. The molecule has 134 valence electrons. The number of carbonyl (C=O) groups excluding carboxylic acids is 1. The van der Waals surface area contributed by atoms with Crippen LogP contribution in [0, 0.1) is 0 Å². The molecule has 0 atom stereocenters. The zero-order chi connectivity index (χ0) is 18.8. The first-order chi connectivity index (χ1) is 11.5. The van der Waals surface area contributed by atoms with E-state index in [0.717, 1.165) is 31.4 Å². The third-order valence-electron chi connectivity index (χ3n) is 3.10. The van der Waals surface area contributed by atoms with Gasteiger partial charge in [-0.05, 0) is 36.4 Å². The first-order valence-corrected chi connectivity index (χ1v) is 8.48. The van der Waals surface area contributed by atoms with E-state index < -0.39 is 27.7 Å². The fourth-order valence-corrected chi connectivity index (χ4v) is 3.18. The molecule has 0 saturated carbocycles. The quantitative estimate of drug-likeness (QED) is 0.798. The number of anilines is 1. The number of nitrogens with one attached hydrogen (secondary N) is 1. The summed E-state index contributed by atoms with van der Waals surface area (Å²) in [5.74, 6) is -0.846. The minimum atomic E-state index is -4.61. The third-order valence-corrected chi connectivity index (χ3v) is 4.80. The molecule has 0 radical (unpaired) electrons. The summed E-state index contributed by atoms with van der Waals surface area (Å²) < 4.78 is 69.3. The lowest BCUT2D eigenvalue weighted by Gasteiger charge is -2.12. The van der Waals surface area contributed by atoms with Crippen LogP contribution in [0.1, 0.15) is 15.9 Å². The van der Waals surface area contributed by atoms with Crippen LogP contribution in [0.25, 0.3) is 0 Å². The summed E-state index contributed by atoms with van der Waals surface area (Å²) in [5, 5.41) is -0.0233. The molecular weight excluding hydrogens is 383 g/mol. The fraction of sp³-hybridized carbons (Fsp3) is 0.133. The number of hydrogen-bond donors (Lipinski definition) is 1. The molecule has 0 heterocycles. The largest absolute Gasteiger partial charge is 0.465 e. The van der Waals surface area contributed by atoms with Crippen LogP contribution in [0.4, 0.5) is 18.9 Å². The maximum atomic E-state index is 12.7. The molecular formula is C15H11ClF3NO4S. The summed E-state index contributed by atoms with van der Waals surface area (Å²) in [7, 11) is -3.14. The Balaban J connectivity index is 2.39. The van der Waals surface area contributed by atoms with Crippen molar-refractivity contribution in [2.45, 2.75) is 11.1 Å². The van der Waals surface area contributed by atoms with Crippen LogP contribution in [-0.2, 0) is 20.9 Å². The summed E-state index contributed by atoms with van der Waals surface area (Å²) in [5.41, 5.74) is -1.46. The van der Waals surface area contributed by atoms with Gasteiger partial charge in [0.25, 0.3) is 10.0 Å². The second-order valence-corrected chi connectivity index (χ2v) is 6.91. The van der Waals surface area contributed by atoms with Crippen LogP contribution >= 0.6 is 11.6 Å². The smallest absolute Gasteiger partial charge is 0.416 e. The van der Waals surface area contributed by atoms with Crippen molar-refractivity contribution in [3.63, 3.8) is 0 Å². The van der Waals surface area contributed by atoms with Crippen molar-refractivity contribution in [1.29, 1.82) is 0 Å². The van der Waals surface area contributed by atoms with Gasteiger partial charge in [-0.15, -0.1) is 0 Å². The van der Waals surface area contributed by atoms with Crippen LogP contribution in [0.3, 0.4) is 0 Å². The number of hydrogen-bond acceptors (Lipinski definition) is 4. The van der Waals surface area contributed by atoms with Gasteiger partial charge in [-0.2, -0.15) is 13.2 Å². The molecule has 0 unspecified atom stereocenters. The molecule has 0 fully saturated rings. The lowest BCUT2D eigenvalue weighted by molar-refractivity contribution is -0.137. The summed E-state index contributed by atoms with van der Waals surface area (Å²) >= 11 is 5.81. The Morgan fingerprint density at radius 1 is 1.16 bits per heavy atom. The Labute approximate surface area is 146 Å². The standard InChI is InChI=1S/C15H11ClF3NO4S/c1-24-14(21)12-8-11(5-6-13(12)16)25(22,23)20-10-4-2-3-9(7-10)15(17,18)19/h2-8,20H,1H3. The SMILES string of the molecule is COC(=O)c1cc(S(=O)(=O)Nc2cccc(C(F)(F)F)c2)ccc1Cl. The van der Waals surface area contributed by atoms with Gasteiger partial charge >= 0.3 is 12.1 Å². The van der Waals surface area contributed by atoms with Crippen molar-refractivity contribution in [2.24, 2.45) is 0 Å². The zero-order valence-corrected chi connectivity index (χ0v) is 14.2. The second-order valence-electron chi connectivity index (χ2n) is 4.82. The number of halogens is 4. The lowest BCUT2D eigenvalue weighted by Crippen LogP contribution is -2.15. The second kappa shape index (κ2) is 6.93. The van der Waals surface area contributed by atoms with E-state index in [0.29, 0.717) is 6.07 Å². The third kappa shape index (κ3) is 4.43. The van der Waals surface area contributed by atoms with Gasteiger partial charge in [-0.1, -0.05) is 17.7 Å². The number of carbonyl (C=O) groups is 1. The number of benzene rings is 2. The molecule has 5 nitrogen and oxygen atoms in total. The number of ether oxygens (including phenoxy) is 1. The highest BCUT2D eigenvalue weighted by Gasteiger charge is 2.30. The molecule has 10 heteroatoms. The Hall–Kier alpha value is -2.26. The van der Waals surface area contributed by atoms with Crippen molar-refractivity contribution in [1.82, 2.24) is 0 Å². The minimum Gasteiger partial charge on any atom is -0.465 e. The average molecular weight is 394 g/mol. The molecule has 1 N–H and O–H groups in total. The maximum absolute atomic E-state index is 12.7. The van der Waals surface area contributed by atoms with Crippen LogP contribution < -0.4 is 4.72 Å². The first-order valence-electron chi connectivity index (χ1n) is 6.62.